The molecule has 0 saturated heterocycles. The summed E-state index contributed by atoms with van der Waals surface area (Å²) in [4.78, 5) is 4.35. The van der Waals surface area contributed by atoms with E-state index >= 15 is 0 Å². The zero-order valence-corrected chi connectivity index (χ0v) is 14.4. The summed E-state index contributed by atoms with van der Waals surface area (Å²) in [5.41, 5.74) is 2.74. The maximum absolute atomic E-state index is 6.16. The number of benzene rings is 2. The number of hydrogen-bond donors (Lipinski definition) is 0. The molecule has 0 aliphatic heterocycles. The molecule has 0 spiro atoms. The Morgan fingerprint density at radius 1 is 1.08 bits per heavy atom. The molecule has 124 valence electrons. The van der Waals surface area contributed by atoms with Gasteiger partial charge in [0.2, 0.25) is 5.82 Å². The van der Waals surface area contributed by atoms with Crippen molar-refractivity contribution in [1.82, 2.24) is 10.1 Å². The molecule has 2 aromatic carbocycles. The lowest BCUT2D eigenvalue weighted by Crippen LogP contribution is -1.98. The highest BCUT2D eigenvalue weighted by molar-refractivity contribution is 6.32. The molecule has 1 aromatic heterocycles. The highest BCUT2D eigenvalue weighted by Crippen LogP contribution is 2.26. The van der Waals surface area contributed by atoms with Crippen molar-refractivity contribution in [1.29, 1.82) is 0 Å². The van der Waals surface area contributed by atoms with Crippen LogP contribution < -0.4 is 9.47 Å². The normalized spacial score (nSPS) is 10.7. The summed E-state index contributed by atoms with van der Waals surface area (Å²) in [6.07, 6.45) is 0. The minimum atomic E-state index is 0.216. The summed E-state index contributed by atoms with van der Waals surface area (Å²) in [5, 5.41) is 4.70. The van der Waals surface area contributed by atoms with Crippen LogP contribution in [-0.4, -0.2) is 17.3 Å². The first-order valence-corrected chi connectivity index (χ1v) is 7.81. The maximum Gasteiger partial charge on any atom is 0.258 e. The number of methoxy groups -OCH3 is 1. The van der Waals surface area contributed by atoms with Crippen LogP contribution in [0.1, 0.15) is 17.0 Å². The van der Waals surface area contributed by atoms with Crippen molar-refractivity contribution in [2.45, 2.75) is 20.5 Å². The van der Waals surface area contributed by atoms with Gasteiger partial charge in [-0.1, -0.05) is 22.8 Å². The van der Waals surface area contributed by atoms with E-state index in [1.165, 1.54) is 0 Å². The molecule has 0 aliphatic rings. The quantitative estimate of drug-likeness (QED) is 0.677. The van der Waals surface area contributed by atoms with Crippen LogP contribution in [0.25, 0.3) is 11.5 Å². The smallest absolute Gasteiger partial charge is 0.258 e. The topological polar surface area (TPSA) is 57.4 Å². The monoisotopic (exact) mass is 344 g/mol. The molecule has 0 amide bonds. The number of aromatic nitrogens is 2. The molecule has 0 aliphatic carbocycles. The van der Waals surface area contributed by atoms with Gasteiger partial charge in [0.05, 0.1) is 7.11 Å². The third-order valence-corrected chi connectivity index (χ3v) is 4.16. The average Bonchev–Trinajstić information content (AvgIpc) is 3.07. The number of ether oxygens (including phenoxy) is 2. The van der Waals surface area contributed by atoms with E-state index in [1.807, 2.05) is 50.2 Å². The van der Waals surface area contributed by atoms with Gasteiger partial charge in [0.1, 0.15) is 11.5 Å². The SMILES string of the molecule is COc1cccc(-c2nc(COc3cc(C)c(Cl)c(C)c3)no2)c1. The van der Waals surface area contributed by atoms with Crippen LogP contribution >= 0.6 is 11.6 Å². The van der Waals surface area contributed by atoms with E-state index in [0.717, 1.165) is 33.2 Å². The highest BCUT2D eigenvalue weighted by atomic mass is 35.5. The third kappa shape index (κ3) is 3.51. The van der Waals surface area contributed by atoms with Crippen LogP contribution in [0.4, 0.5) is 0 Å². The molecule has 1 heterocycles. The fourth-order valence-electron chi connectivity index (χ4n) is 2.32. The number of halogens is 1. The molecule has 0 saturated carbocycles. The number of hydrogen-bond acceptors (Lipinski definition) is 5. The van der Waals surface area contributed by atoms with E-state index in [0.29, 0.717) is 11.7 Å². The molecule has 0 bridgehead atoms. The minimum absolute atomic E-state index is 0.216. The van der Waals surface area contributed by atoms with Crippen LogP contribution in [0.15, 0.2) is 40.9 Å². The van der Waals surface area contributed by atoms with E-state index in [-0.39, 0.29) is 6.61 Å². The molecule has 0 fully saturated rings. The van der Waals surface area contributed by atoms with Gasteiger partial charge in [-0.05, 0) is 55.3 Å². The molecule has 3 rings (SSSR count). The first kappa shape index (κ1) is 16.3. The van der Waals surface area contributed by atoms with Gasteiger partial charge in [0.25, 0.3) is 5.89 Å². The van der Waals surface area contributed by atoms with Gasteiger partial charge in [-0.25, -0.2) is 0 Å². The van der Waals surface area contributed by atoms with Gasteiger partial charge in [0.15, 0.2) is 6.61 Å². The van der Waals surface area contributed by atoms with Crippen molar-refractivity contribution in [3.05, 3.63) is 58.4 Å². The van der Waals surface area contributed by atoms with Crippen LogP contribution in [0, 0.1) is 13.8 Å². The van der Waals surface area contributed by atoms with Gasteiger partial charge >= 0.3 is 0 Å². The zero-order valence-electron chi connectivity index (χ0n) is 13.7. The lowest BCUT2D eigenvalue weighted by atomic mass is 10.1. The summed E-state index contributed by atoms with van der Waals surface area (Å²) in [6.45, 7) is 4.10. The van der Waals surface area contributed by atoms with Crippen molar-refractivity contribution in [3.63, 3.8) is 0 Å². The summed E-state index contributed by atoms with van der Waals surface area (Å²) < 4.78 is 16.2. The molecule has 5 nitrogen and oxygen atoms in total. The van der Waals surface area contributed by atoms with Gasteiger partial charge in [0, 0.05) is 10.6 Å². The van der Waals surface area contributed by atoms with Gasteiger partial charge < -0.3 is 14.0 Å². The lowest BCUT2D eigenvalue weighted by Gasteiger charge is -2.08. The second-order valence-electron chi connectivity index (χ2n) is 5.41. The summed E-state index contributed by atoms with van der Waals surface area (Å²) in [7, 11) is 1.61. The molecule has 3 aromatic rings. The van der Waals surface area contributed by atoms with Crippen LogP contribution in [0.3, 0.4) is 0 Å². The van der Waals surface area contributed by atoms with Crippen molar-refractivity contribution >= 4 is 11.6 Å². The Hall–Kier alpha value is -2.53. The molecule has 0 atom stereocenters. The Balaban J connectivity index is 1.72. The van der Waals surface area contributed by atoms with Crippen molar-refractivity contribution in [3.8, 4) is 23.0 Å². The van der Waals surface area contributed by atoms with E-state index in [9.17, 15) is 0 Å². The average molecular weight is 345 g/mol. The Kier molecular flexibility index (Phi) is 4.71. The first-order chi connectivity index (χ1) is 11.6. The summed E-state index contributed by atoms with van der Waals surface area (Å²) >= 11 is 6.16. The van der Waals surface area contributed by atoms with E-state index in [4.69, 9.17) is 25.6 Å². The molecule has 0 N–H and O–H groups in total. The Morgan fingerprint density at radius 3 is 2.54 bits per heavy atom. The van der Waals surface area contributed by atoms with Crippen molar-refractivity contribution in [2.24, 2.45) is 0 Å². The highest BCUT2D eigenvalue weighted by Gasteiger charge is 2.11. The molecular formula is C18H17ClN2O3. The lowest BCUT2D eigenvalue weighted by molar-refractivity contribution is 0.286. The fourth-order valence-corrected chi connectivity index (χ4v) is 2.43. The van der Waals surface area contributed by atoms with E-state index in [2.05, 4.69) is 10.1 Å². The molecule has 24 heavy (non-hydrogen) atoms. The van der Waals surface area contributed by atoms with E-state index in [1.54, 1.807) is 7.11 Å². The van der Waals surface area contributed by atoms with Gasteiger partial charge in [-0.15, -0.1) is 0 Å². The molecule has 0 radical (unpaired) electrons. The second kappa shape index (κ2) is 6.93. The number of rotatable bonds is 5. The van der Waals surface area contributed by atoms with Crippen molar-refractivity contribution < 1.29 is 14.0 Å². The first-order valence-electron chi connectivity index (χ1n) is 7.43. The fraction of sp³-hybridized carbons (Fsp3) is 0.222. The van der Waals surface area contributed by atoms with Crippen LogP contribution in [0.5, 0.6) is 11.5 Å². The van der Waals surface area contributed by atoms with Gasteiger partial charge in [-0.2, -0.15) is 4.98 Å². The predicted molar refractivity (Wildman–Crippen MR) is 91.5 cm³/mol. The minimum Gasteiger partial charge on any atom is -0.497 e. The van der Waals surface area contributed by atoms with Gasteiger partial charge in [-0.3, -0.25) is 0 Å². The van der Waals surface area contributed by atoms with Crippen LogP contribution in [-0.2, 0) is 6.61 Å². The number of nitrogens with zero attached hydrogens (tertiary/aromatic N) is 2. The third-order valence-electron chi connectivity index (χ3n) is 3.56. The molecule has 0 unspecified atom stereocenters. The van der Waals surface area contributed by atoms with E-state index < -0.39 is 0 Å². The van der Waals surface area contributed by atoms with Crippen LogP contribution in [0.2, 0.25) is 5.02 Å². The molecule has 6 heteroatoms. The zero-order chi connectivity index (χ0) is 17.1. The largest absolute Gasteiger partial charge is 0.497 e. The summed E-state index contributed by atoms with van der Waals surface area (Å²) in [5.74, 6) is 2.35. The Labute approximate surface area is 145 Å². The second-order valence-corrected chi connectivity index (χ2v) is 5.79. The standard InChI is InChI=1S/C18H17ClN2O3/c1-11-7-15(8-12(2)17(11)19)23-10-16-20-18(24-21-16)13-5-4-6-14(9-13)22-3/h4-9H,10H2,1-3H3. The predicted octanol–water partition coefficient (Wildman–Crippen LogP) is 4.59. The number of aryl methyl sites for hydroxylation is 2. The Morgan fingerprint density at radius 2 is 1.83 bits per heavy atom. The maximum atomic E-state index is 6.16. The molecular weight excluding hydrogens is 328 g/mol. The summed E-state index contributed by atoms with van der Waals surface area (Å²) in [6, 6.07) is 11.2. The Bertz CT molecular complexity index is 838. The van der Waals surface area contributed by atoms with Crippen molar-refractivity contribution in [2.75, 3.05) is 7.11 Å².